The number of aliphatic carboxylic acids is 1. The lowest BCUT2D eigenvalue weighted by Gasteiger charge is -2.16. The van der Waals surface area contributed by atoms with Crippen LogP contribution in [0.25, 0.3) is 0 Å². The molecule has 1 fully saturated rings. The van der Waals surface area contributed by atoms with Crippen LogP contribution in [-0.2, 0) is 9.59 Å². The van der Waals surface area contributed by atoms with E-state index in [4.69, 9.17) is 5.11 Å². The number of unbranched alkanes of at least 4 members (excludes halogenated alkanes) is 4. The van der Waals surface area contributed by atoms with E-state index in [-0.39, 0.29) is 5.92 Å². The molecule has 1 saturated carbocycles. The predicted molar refractivity (Wildman–Crippen MR) is 85.2 cm³/mol. The molecule has 1 rings (SSSR count). The summed E-state index contributed by atoms with van der Waals surface area (Å²) in [6.07, 6.45) is 14.9. The van der Waals surface area contributed by atoms with Crippen molar-refractivity contribution in [2.75, 3.05) is 0 Å². The third kappa shape index (κ3) is 7.45. The van der Waals surface area contributed by atoms with E-state index in [0.717, 1.165) is 51.4 Å². The van der Waals surface area contributed by atoms with Gasteiger partial charge in [0.05, 0.1) is 0 Å². The normalized spacial score (nSPS) is 22.2. The van der Waals surface area contributed by atoms with Crippen LogP contribution in [0.3, 0.4) is 0 Å². The fourth-order valence-electron chi connectivity index (χ4n) is 3.27. The summed E-state index contributed by atoms with van der Waals surface area (Å²) in [5.74, 6) is 0.613. The average Bonchev–Trinajstić information content (AvgIpc) is 2.79. The second-order valence-electron chi connectivity index (χ2n) is 6.19. The lowest BCUT2D eigenvalue weighted by atomic mass is 9.87. The zero-order chi connectivity index (χ0) is 15.5. The van der Waals surface area contributed by atoms with Gasteiger partial charge in [-0.3, -0.25) is 9.59 Å². The molecule has 0 spiro atoms. The van der Waals surface area contributed by atoms with E-state index in [1.807, 2.05) is 0 Å². The van der Waals surface area contributed by atoms with Gasteiger partial charge in [-0.25, -0.2) is 0 Å². The van der Waals surface area contributed by atoms with E-state index in [2.05, 4.69) is 19.1 Å². The van der Waals surface area contributed by atoms with Crippen molar-refractivity contribution in [3.63, 3.8) is 0 Å². The lowest BCUT2D eigenvalue weighted by molar-refractivity contribution is -0.137. The summed E-state index contributed by atoms with van der Waals surface area (Å²) in [6.45, 7) is 2.12. The molecule has 3 nitrogen and oxygen atoms in total. The van der Waals surface area contributed by atoms with E-state index in [9.17, 15) is 9.59 Å². The second-order valence-corrected chi connectivity index (χ2v) is 6.19. The van der Waals surface area contributed by atoms with Crippen LogP contribution in [0.4, 0.5) is 0 Å². The van der Waals surface area contributed by atoms with E-state index in [1.165, 1.54) is 12.8 Å². The van der Waals surface area contributed by atoms with Gasteiger partial charge < -0.3 is 5.11 Å². The first-order chi connectivity index (χ1) is 10.1. The molecule has 0 heterocycles. The maximum absolute atomic E-state index is 11.9. The molecule has 0 aromatic heterocycles. The van der Waals surface area contributed by atoms with Crippen LogP contribution in [0.15, 0.2) is 12.2 Å². The fraction of sp³-hybridized carbons (Fsp3) is 0.778. The Labute approximate surface area is 128 Å². The molecule has 0 aromatic rings. The topological polar surface area (TPSA) is 54.4 Å². The highest BCUT2D eigenvalue weighted by atomic mass is 16.4. The van der Waals surface area contributed by atoms with Gasteiger partial charge in [0.25, 0.3) is 0 Å². The molecule has 0 bridgehead atoms. The minimum Gasteiger partial charge on any atom is -0.481 e. The van der Waals surface area contributed by atoms with Crippen molar-refractivity contribution in [1.29, 1.82) is 0 Å². The predicted octanol–water partition coefficient (Wildman–Crippen LogP) is 4.75. The maximum Gasteiger partial charge on any atom is 0.303 e. The molecular formula is C18H30O3. The zero-order valence-electron chi connectivity index (χ0n) is 13.4. The minimum absolute atomic E-state index is 0.264. The molecule has 0 amide bonds. The van der Waals surface area contributed by atoms with Crippen LogP contribution in [0.5, 0.6) is 0 Å². The van der Waals surface area contributed by atoms with Crippen molar-refractivity contribution in [3.05, 3.63) is 12.2 Å². The van der Waals surface area contributed by atoms with Gasteiger partial charge in [0, 0.05) is 18.8 Å². The number of Topliss-reactive ketones (excluding diaryl/α,β-unsaturated/α-hetero) is 1. The SMILES string of the molecule is CCC=CC[C@@H]1C(=O)CC[C@@H]1CCCCCCCC(=O)O. The van der Waals surface area contributed by atoms with Crippen molar-refractivity contribution < 1.29 is 14.7 Å². The molecule has 0 unspecified atom stereocenters. The van der Waals surface area contributed by atoms with E-state index >= 15 is 0 Å². The van der Waals surface area contributed by atoms with Crippen molar-refractivity contribution in [2.45, 2.75) is 77.6 Å². The standard InChI is InChI=1S/C18H30O3/c1-2-3-7-11-16-15(13-14-17(16)19)10-8-5-4-6-9-12-18(20)21/h3,7,15-16H,2,4-6,8-14H2,1H3,(H,20,21)/t15-,16-/m0/s1. The van der Waals surface area contributed by atoms with Gasteiger partial charge in [0.1, 0.15) is 5.78 Å². The fourth-order valence-corrected chi connectivity index (χ4v) is 3.27. The Bertz CT molecular complexity index is 346. The molecule has 0 aliphatic heterocycles. The molecule has 3 heteroatoms. The highest BCUT2D eigenvalue weighted by Crippen LogP contribution is 2.35. The molecule has 0 radical (unpaired) electrons. The van der Waals surface area contributed by atoms with Gasteiger partial charge in [0.2, 0.25) is 0 Å². The molecule has 1 aliphatic carbocycles. The third-order valence-electron chi connectivity index (χ3n) is 4.50. The molecule has 120 valence electrons. The number of carbonyl (C=O) groups is 2. The first-order valence-corrected chi connectivity index (χ1v) is 8.54. The Kier molecular flexibility index (Phi) is 9.04. The highest BCUT2D eigenvalue weighted by molar-refractivity contribution is 5.83. The van der Waals surface area contributed by atoms with Crippen LogP contribution in [0.2, 0.25) is 0 Å². The average molecular weight is 294 g/mol. The van der Waals surface area contributed by atoms with Gasteiger partial charge in [0.15, 0.2) is 0 Å². The van der Waals surface area contributed by atoms with Gasteiger partial charge in [-0.2, -0.15) is 0 Å². The Morgan fingerprint density at radius 3 is 2.62 bits per heavy atom. The molecule has 1 aliphatic rings. The lowest BCUT2D eigenvalue weighted by Crippen LogP contribution is -2.14. The van der Waals surface area contributed by atoms with Crippen LogP contribution in [0, 0.1) is 11.8 Å². The van der Waals surface area contributed by atoms with Gasteiger partial charge >= 0.3 is 5.97 Å². The quantitative estimate of drug-likeness (QED) is 0.442. The van der Waals surface area contributed by atoms with E-state index < -0.39 is 5.97 Å². The molecule has 2 atom stereocenters. The van der Waals surface area contributed by atoms with Crippen molar-refractivity contribution in [1.82, 2.24) is 0 Å². The van der Waals surface area contributed by atoms with Crippen molar-refractivity contribution in [2.24, 2.45) is 11.8 Å². The molecular weight excluding hydrogens is 264 g/mol. The second kappa shape index (κ2) is 10.6. The maximum atomic E-state index is 11.9. The summed E-state index contributed by atoms with van der Waals surface area (Å²) in [6, 6.07) is 0. The largest absolute Gasteiger partial charge is 0.481 e. The number of rotatable bonds is 11. The molecule has 21 heavy (non-hydrogen) atoms. The highest BCUT2D eigenvalue weighted by Gasteiger charge is 2.32. The number of hydrogen-bond acceptors (Lipinski definition) is 2. The van der Waals surface area contributed by atoms with Crippen LogP contribution >= 0.6 is 0 Å². The molecule has 1 N–H and O–H groups in total. The van der Waals surface area contributed by atoms with Crippen LogP contribution < -0.4 is 0 Å². The molecule has 0 aromatic carbocycles. The summed E-state index contributed by atoms with van der Waals surface area (Å²) in [5.41, 5.74) is 0. The number of carboxylic acid groups (broad SMARTS) is 1. The minimum atomic E-state index is -0.692. The van der Waals surface area contributed by atoms with Crippen molar-refractivity contribution in [3.8, 4) is 0 Å². The Balaban J connectivity index is 2.13. The van der Waals surface area contributed by atoms with Crippen LogP contribution in [-0.4, -0.2) is 16.9 Å². The van der Waals surface area contributed by atoms with Gasteiger partial charge in [-0.05, 0) is 38.0 Å². The number of carbonyl (C=O) groups excluding carboxylic acids is 1. The first-order valence-electron chi connectivity index (χ1n) is 8.54. The number of hydrogen-bond donors (Lipinski definition) is 1. The smallest absolute Gasteiger partial charge is 0.303 e. The van der Waals surface area contributed by atoms with Gasteiger partial charge in [-0.1, -0.05) is 44.8 Å². The third-order valence-corrected chi connectivity index (χ3v) is 4.50. The zero-order valence-corrected chi connectivity index (χ0v) is 13.4. The monoisotopic (exact) mass is 294 g/mol. The number of allylic oxidation sites excluding steroid dienone is 2. The molecule has 0 saturated heterocycles. The Hall–Kier alpha value is -1.12. The summed E-state index contributed by atoms with van der Waals surface area (Å²) in [4.78, 5) is 22.3. The Morgan fingerprint density at radius 1 is 1.19 bits per heavy atom. The van der Waals surface area contributed by atoms with Crippen molar-refractivity contribution >= 4 is 11.8 Å². The van der Waals surface area contributed by atoms with E-state index in [0.29, 0.717) is 18.1 Å². The van der Waals surface area contributed by atoms with Crippen LogP contribution in [0.1, 0.15) is 77.6 Å². The summed E-state index contributed by atoms with van der Waals surface area (Å²) in [7, 11) is 0. The Morgan fingerprint density at radius 2 is 1.90 bits per heavy atom. The summed E-state index contributed by atoms with van der Waals surface area (Å²) in [5, 5.41) is 8.56. The summed E-state index contributed by atoms with van der Waals surface area (Å²) >= 11 is 0. The number of ketones is 1. The van der Waals surface area contributed by atoms with Gasteiger partial charge in [-0.15, -0.1) is 0 Å². The number of carboxylic acids is 1. The summed E-state index contributed by atoms with van der Waals surface area (Å²) < 4.78 is 0. The first kappa shape index (κ1) is 17.9. The van der Waals surface area contributed by atoms with E-state index in [1.54, 1.807) is 0 Å².